The molecule has 3 rings (SSSR count). The summed E-state index contributed by atoms with van der Waals surface area (Å²) in [5.41, 5.74) is 1.99. The summed E-state index contributed by atoms with van der Waals surface area (Å²) in [5.74, 6) is 4.52. The van der Waals surface area contributed by atoms with E-state index in [1.165, 1.54) is 7.11 Å². The number of aromatic nitrogens is 1. The minimum atomic E-state index is -1.26. The Bertz CT molecular complexity index is 1070. The molecular formula is C23H16ClNO4. The molecule has 0 bridgehead atoms. The van der Waals surface area contributed by atoms with E-state index < -0.39 is 18.0 Å². The van der Waals surface area contributed by atoms with Crippen molar-refractivity contribution in [3.63, 3.8) is 0 Å². The molecule has 29 heavy (non-hydrogen) atoms. The van der Waals surface area contributed by atoms with E-state index in [9.17, 15) is 9.59 Å². The van der Waals surface area contributed by atoms with Gasteiger partial charge >= 0.3 is 11.9 Å². The zero-order valence-electron chi connectivity index (χ0n) is 15.5. The van der Waals surface area contributed by atoms with Gasteiger partial charge in [-0.25, -0.2) is 14.6 Å². The number of benzene rings is 2. The molecule has 1 unspecified atom stereocenters. The maximum atomic E-state index is 12.5. The Morgan fingerprint density at radius 1 is 0.966 bits per heavy atom. The number of carbonyl (C=O) groups excluding carboxylic acids is 2. The van der Waals surface area contributed by atoms with Gasteiger partial charge < -0.3 is 9.47 Å². The smallest absolute Gasteiger partial charge is 0.352 e. The van der Waals surface area contributed by atoms with Crippen LogP contribution >= 0.6 is 11.6 Å². The first kappa shape index (κ1) is 20.1. The van der Waals surface area contributed by atoms with Crippen molar-refractivity contribution < 1.29 is 19.1 Å². The maximum Gasteiger partial charge on any atom is 0.352 e. The largest absolute Gasteiger partial charge is 0.466 e. The Morgan fingerprint density at radius 3 is 2.34 bits per heavy atom. The molecule has 0 saturated carbocycles. The molecule has 0 aliphatic carbocycles. The van der Waals surface area contributed by atoms with E-state index in [1.54, 1.807) is 60.8 Å². The molecule has 0 amide bonds. The Labute approximate surface area is 173 Å². The van der Waals surface area contributed by atoms with Crippen molar-refractivity contribution in [2.45, 2.75) is 6.10 Å². The maximum absolute atomic E-state index is 12.5. The quantitative estimate of drug-likeness (QED) is 0.480. The van der Waals surface area contributed by atoms with Crippen molar-refractivity contribution in [3.05, 3.63) is 100 Å². The summed E-state index contributed by atoms with van der Waals surface area (Å²) in [6.45, 7) is 0. The van der Waals surface area contributed by atoms with Gasteiger partial charge in [-0.05, 0) is 48.4 Å². The average molecular weight is 406 g/mol. The van der Waals surface area contributed by atoms with Gasteiger partial charge in [0.15, 0.2) is 0 Å². The number of rotatable bonds is 4. The van der Waals surface area contributed by atoms with Gasteiger partial charge in [-0.1, -0.05) is 41.8 Å². The summed E-state index contributed by atoms with van der Waals surface area (Å²) in [4.78, 5) is 28.8. The fourth-order valence-electron chi connectivity index (χ4n) is 2.47. The molecule has 1 heterocycles. The number of halogens is 1. The van der Waals surface area contributed by atoms with Gasteiger partial charge in [0, 0.05) is 22.3 Å². The number of carbonyl (C=O) groups is 2. The highest BCUT2D eigenvalue weighted by Crippen LogP contribution is 2.27. The second kappa shape index (κ2) is 9.54. The molecule has 0 radical (unpaired) electrons. The molecule has 0 N–H and O–H groups in total. The monoisotopic (exact) mass is 405 g/mol. The zero-order chi connectivity index (χ0) is 20.6. The number of methoxy groups -OCH3 is 1. The fraction of sp³-hybridized carbons (Fsp3) is 0.0870. The van der Waals surface area contributed by atoms with E-state index in [1.807, 2.05) is 12.1 Å². The molecule has 0 aliphatic rings. The first-order valence-electron chi connectivity index (χ1n) is 8.65. The lowest BCUT2D eigenvalue weighted by molar-refractivity contribution is -0.151. The molecule has 1 aromatic heterocycles. The third kappa shape index (κ3) is 5.22. The number of hydrogen-bond donors (Lipinski definition) is 0. The summed E-state index contributed by atoms with van der Waals surface area (Å²) >= 11 is 6.14. The number of pyridine rings is 1. The van der Waals surface area contributed by atoms with Gasteiger partial charge in [0.2, 0.25) is 6.10 Å². The lowest BCUT2D eigenvalue weighted by atomic mass is 10.1. The Balaban J connectivity index is 1.76. The number of esters is 2. The molecule has 144 valence electrons. The van der Waals surface area contributed by atoms with Crippen molar-refractivity contribution in [1.82, 2.24) is 4.98 Å². The lowest BCUT2D eigenvalue weighted by Gasteiger charge is -2.17. The van der Waals surface area contributed by atoms with Gasteiger partial charge in [-0.2, -0.15) is 0 Å². The molecule has 0 aliphatic heterocycles. The highest BCUT2D eigenvalue weighted by Gasteiger charge is 2.28. The number of nitrogens with zero attached hydrogens (tertiary/aromatic N) is 1. The van der Waals surface area contributed by atoms with Crippen LogP contribution in [0.5, 0.6) is 0 Å². The Hall–Kier alpha value is -3.62. The standard InChI is InChI=1S/C23H16ClNO4/c1-28-23(27)21(19-7-2-3-8-20(19)24)29-22(26)17-12-9-16(10-13-17)11-14-18-6-4-5-15-25-18/h2-10,12-13,15,21H,1H3. The minimum absolute atomic E-state index is 0.273. The Kier molecular flexibility index (Phi) is 6.62. The van der Waals surface area contributed by atoms with Crippen molar-refractivity contribution in [2.24, 2.45) is 0 Å². The molecule has 0 fully saturated rings. The summed E-state index contributed by atoms with van der Waals surface area (Å²) in [5, 5.41) is 0.302. The molecule has 0 saturated heterocycles. The summed E-state index contributed by atoms with van der Waals surface area (Å²) < 4.78 is 10.1. The van der Waals surface area contributed by atoms with Crippen molar-refractivity contribution in [2.75, 3.05) is 7.11 Å². The van der Waals surface area contributed by atoms with Crippen molar-refractivity contribution >= 4 is 23.5 Å². The molecule has 1 atom stereocenters. The van der Waals surface area contributed by atoms with Crippen LogP contribution in [0.25, 0.3) is 0 Å². The lowest BCUT2D eigenvalue weighted by Crippen LogP contribution is -2.21. The molecule has 2 aromatic carbocycles. The second-order valence-electron chi connectivity index (χ2n) is 5.87. The minimum Gasteiger partial charge on any atom is -0.466 e. The molecule has 5 nitrogen and oxygen atoms in total. The summed E-state index contributed by atoms with van der Waals surface area (Å²) in [6, 6.07) is 18.6. The molecule has 6 heteroatoms. The van der Waals surface area contributed by atoms with Gasteiger partial charge in [0.05, 0.1) is 12.7 Å². The van der Waals surface area contributed by atoms with Crippen LogP contribution < -0.4 is 0 Å². The summed E-state index contributed by atoms with van der Waals surface area (Å²) in [6.07, 6.45) is 0.407. The van der Waals surface area contributed by atoms with Crippen molar-refractivity contribution in [1.29, 1.82) is 0 Å². The topological polar surface area (TPSA) is 65.5 Å². The van der Waals surface area contributed by atoms with E-state index in [4.69, 9.17) is 21.1 Å². The van der Waals surface area contributed by atoms with Crippen molar-refractivity contribution in [3.8, 4) is 11.8 Å². The van der Waals surface area contributed by atoms with E-state index >= 15 is 0 Å². The third-order valence-electron chi connectivity index (χ3n) is 3.95. The molecule has 3 aromatic rings. The van der Waals surface area contributed by atoms with Gasteiger partial charge in [0.25, 0.3) is 0 Å². The summed E-state index contributed by atoms with van der Waals surface area (Å²) in [7, 11) is 1.22. The first-order valence-corrected chi connectivity index (χ1v) is 9.02. The van der Waals surface area contributed by atoms with Crippen LogP contribution in [0.2, 0.25) is 5.02 Å². The van der Waals surface area contributed by atoms with Gasteiger partial charge in [0.1, 0.15) is 5.69 Å². The predicted octanol–water partition coefficient (Wildman–Crippen LogP) is 4.21. The average Bonchev–Trinajstić information content (AvgIpc) is 2.77. The number of hydrogen-bond acceptors (Lipinski definition) is 5. The molecular weight excluding hydrogens is 390 g/mol. The van der Waals surface area contributed by atoms with Crippen LogP contribution in [0.1, 0.15) is 33.3 Å². The third-order valence-corrected chi connectivity index (χ3v) is 4.29. The Morgan fingerprint density at radius 2 is 1.69 bits per heavy atom. The predicted molar refractivity (Wildman–Crippen MR) is 108 cm³/mol. The molecule has 0 spiro atoms. The normalized spacial score (nSPS) is 11.0. The first-order chi connectivity index (χ1) is 14.1. The van der Waals surface area contributed by atoms with E-state index in [0.717, 1.165) is 0 Å². The SMILES string of the molecule is COC(=O)C(OC(=O)c1ccc(C#Cc2ccccn2)cc1)c1ccccc1Cl. The van der Waals surface area contributed by atoms with E-state index in [2.05, 4.69) is 16.8 Å². The van der Waals surface area contributed by atoms with E-state index in [-0.39, 0.29) is 5.56 Å². The highest BCUT2D eigenvalue weighted by molar-refractivity contribution is 6.31. The highest BCUT2D eigenvalue weighted by atomic mass is 35.5. The second-order valence-corrected chi connectivity index (χ2v) is 6.28. The van der Waals surface area contributed by atoms with Gasteiger partial charge in [-0.3, -0.25) is 0 Å². The fourth-order valence-corrected chi connectivity index (χ4v) is 2.71. The van der Waals surface area contributed by atoms with Crippen LogP contribution in [-0.4, -0.2) is 24.0 Å². The van der Waals surface area contributed by atoms with Crippen LogP contribution in [-0.2, 0) is 14.3 Å². The van der Waals surface area contributed by atoms with E-state index in [0.29, 0.717) is 21.8 Å². The van der Waals surface area contributed by atoms with Gasteiger partial charge in [-0.15, -0.1) is 0 Å². The van der Waals surface area contributed by atoms with Crippen LogP contribution in [0, 0.1) is 11.8 Å². The van der Waals surface area contributed by atoms with Crippen LogP contribution in [0.15, 0.2) is 72.9 Å². The number of ether oxygens (including phenoxy) is 2. The van der Waals surface area contributed by atoms with Crippen LogP contribution in [0.3, 0.4) is 0 Å². The zero-order valence-corrected chi connectivity index (χ0v) is 16.2. The van der Waals surface area contributed by atoms with Crippen LogP contribution in [0.4, 0.5) is 0 Å².